The highest BCUT2D eigenvalue weighted by Gasteiger charge is 2.04. The number of rotatable bonds is 2. The van der Waals surface area contributed by atoms with Crippen molar-refractivity contribution in [1.29, 1.82) is 0 Å². The predicted molar refractivity (Wildman–Crippen MR) is 52.8 cm³/mol. The fourth-order valence-corrected chi connectivity index (χ4v) is 1.20. The molecule has 0 aliphatic rings. The molecule has 72 valence electrons. The zero-order valence-corrected chi connectivity index (χ0v) is 8.66. The van der Waals surface area contributed by atoms with E-state index in [0.717, 1.165) is 17.8 Å². The first kappa shape index (κ1) is 9.96. The normalized spacial score (nSPS) is 10.8. The minimum atomic E-state index is 0.0844. The second kappa shape index (κ2) is 3.73. The molecule has 0 amide bonds. The molecule has 0 radical (unpaired) electrons. The summed E-state index contributed by atoms with van der Waals surface area (Å²) in [7, 11) is 0. The van der Waals surface area contributed by atoms with Crippen LogP contribution in [0.2, 0.25) is 0 Å². The van der Waals surface area contributed by atoms with Gasteiger partial charge in [0, 0.05) is 17.8 Å². The van der Waals surface area contributed by atoms with Crippen LogP contribution in [0.5, 0.6) is 0 Å². The van der Waals surface area contributed by atoms with Gasteiger partial charge in [0.15, 0.2) is 0 Å². The third-order valence-corrected chi connectivity index (χ3v) is 2.08. The van der Waals surface area contributed by atoms with Crippen molar-refractivity contribution in [1.82, 2.24) is 9.55 Å². The lowest BCUT2D eigenvalue weighted by molar-refractivity contribution is 0.502. The summed E-state index contributed by atoms with van der Waals surface area (Å²) >= 11 is 0. The van der Waals surface area contributed by atoms with Gasteiger partial charge in [-0.3, -0.25) is 9.36 Å². The Hall–Kier alpha value is -1.12. The first-order chi connectivity index (χ1) is 6.02. The number of aromatic nitrogens is 2. The Bertz CT molecular complexity index is 352. The Morgan fingerprint density at radius 1 is 1.46 bits per heavy atom. The van der Waals surface area contributed by atoms with E-state index in [-0.39, 0.29) is 5.56 Å². The average Bonchev–Trinajstić information content (AvgIpc) is 2.06. The van der Waals surface area contributed by atoms with Gasteiger partial charge in [0.25, 0.3) is 5.56 Å². The quantitative estimate of drug-likeness (QED) is 0.691. The van der Waals surface area contributed by atoms with Gasteiger partial charge >= 0.3 is 0 Å². The molecule has 0 unspecified atom stereocenters. The van der Waals surface area contributed by atoms with Gasteiger partial charge in [0.05, 0.1) is 6.33 Å². The first-order valence-corrected chi connectivity index (χ1v) is 4.55. The van der Waals surface area contributed by atoms with Gasteiger partial charge in [0.2, 0.25) is 0 Å². The van der Waals surface area contributed by atoms with E-state index in [1.165, 1.54) is 0 Å². The number of aryl methyl sites for hydroxylation is 1. The van der Waals surface area contributed by atoms with E-state index in [9.17, 15) is 4.79 Å². The summed E-state index contributed by atoms with van der Waals surface area (Å²) in [6.45, 7) is 8.59. The Balaban J connectivity index is 3.12. The van der Waals surface area contributed by atoms with E-state index in [1.54, 1.807) is 10.9 Å². The summed E-state index contributed by atoms with van der Waals surface area (Å²) in [5, 5.41) is 0. The summed E-state index contributed by atoms with van der Waals surface area (Å²) in [4.78, 5) is 15.8. The Labute approximate surface area is 78.4 Å². The van der Waals surface area contributed by atoms with Crippen LogP contribution in [0.15, 0.2) is 11.1 Å². The third-order valence-electron chi connectivity index (χ3n) is 2.08. The molecule has 0 saturated heterocycles. The van der Waals surface area contributed by atoms with E-state index >= 15 is 0 Å². The van der Waals surface area contributed by atoms with Gasteiger partial charge < -0.3 is 0 Å². The fraction of sp³-hybridized carbons (Fsp3) is 0.600. The molecule has 13 heavy (non-hydrogen) atoms. The van der Waals surface area contributed by atoms with E-state index in [4.69, 9.17) is 0 Å². The zero-order chi connectivity index (χ0) is 10.0. The monoisotopic (exact) mass is 180 g/mol. The standard InChI is InChI=1S/C10H16N2O/c1-7(2)5-12-6-11-9(4)8(3)10(12)13/h6-7H,5H2,1-4H3. The largest absolute Gasteiger partial charge is 0.299 e. The summed E-state index contributed by atoms with van der Waals surface area (Å²) in [6, 6.07) is 0. The highest BCUT2D eigenvalue weighted by atomic mass is 16.1. The predicted octanol–water partition coefficient (Wildman–Crippen LogP) is 1.52. The molecule has 3 heteroatoms. The number of hydrogen-bond donors (Lipinski definition) is 0. The van der Waals surface area contributed by atoms with Gasteiger partial charge in [-0.25, -0.2) is 4.98 Å². The van der Waals surface area contributed by atoms with Crippen LogP contribution in [0, 0.1) is 19.8 Å². The molecule has 0 spiro atoms. The van der Waals surface area contributed by atoms with Crippen LogP contribution in [0.25, 0.3) is 0 Å². The molecule has 1 aromatic heterocycles. The Morgan fingerprint density at radius 3 is 2.62 bits per heavy atom. The molecular formula is C10H16N2O. The first-order valence-electron chi connectivity index (χ1n) is 4.55. The van der Waals surface area contributed by atoms with E-state index in [0.29, 0.717) is 5.92 Å². The van der Waals surface area contributed by atoms with Gasteiger partial charge in [-0.1, -0.05) is 13.8 Å². The van der Waals surface area contributed by atoms with E-state index in [2.05, 4.69) is 18.8 Å². The van der Waals surface area contributed by atoms with Crippen LogP contribution in [-0.2, 0) is 6.54 Å². The van der Waals surface area contributed by atoms with Crippen LogP contribution >= 0.6 is 0 Å². The number of hydrogen-bond acceptors (Lipinski definition) is 2. The second-order valence-corrected chi connectivity index (χ2v) is 3.81. The molecule has 0 atom stereocenters. The molecule has 1 rings (SSSR count). The molecule has 0 aromatic carbocycles. The smallest absolute Gasteiger partial charge is 0.256 e. The molecule has 0 bridgehead atoms. The maximum atomic E-state index is 11.6. The van der Waals surface area contributed by atoms with Gasteiger partial charge in [-0.15, -0.1) is 0 Å². The van der Waals surface area contributed by atoms with Crippen LogP contribution in [0.3, 0.4) is 0 Å². The van der Waals surface area contributed by atoms with Crippen LogP contribution < -0.4 is 5.56 Å². The molecule has 0 N–H and O–H groups in total. The molecule has 3 nitrogen and oxygen atoms in total. The average molecular weight is 180 g/mol. The van der Waals surface area contributed by atoms with Crippen LogP contribution in [0.4, 0.5) is 0 Å². The van der Waals surface area contributed by atoms with Crippen molar-refractivity contribution in [3.8, 4) is 0 Å². The summed E-state index contributed by atoms with van der Waals surface area (Å²) in [5.41, 5.74) is 1.66. The van der Waals surface area contributed by atoms with Gasteiger partial charge in [-0.2, -0.15) is 0 Å². The van der Waals surface area contributed by atoms with E-state index in [1.807, 2.05) is 13.8 Å². The molecule has 0 aliphatic heterocycles. The third kappa shape index (κ3) is 2.17. The molecule has 0 aliphatic carbocycles. The molecule has 1 heterocycles. The highest BCUT2D eigenvalue weighted by Crippen LogP contribution is 1.98. The van der Waals surface area contributed by atoms with Crippen LogP contribution in [0.1, 0.15) is 25.1 Å². The Morgan fingerprint density at radius 2 is 2.08 bits per heavy atom. The SMILES string of the molecule is Cc1ncn(CC(C)C)c(=O)c1C. The summed E-state index contributed by atoms with van der Waals surface area (Å²) in [5.74, 6) is 0.474. The topological polar surface area (TPSA) is 34.9 Å². The van der Waals surface area contributed by atoms with Gasteiger partial charge in [-0.05, 0) is 19.8 Å². The summed E-state index contributed by atoms with van der Waals surface area (Å²) < 4.78 is 1.67. The van der Waals surface area contributed by atoms with Crippen LogP contribution in [-0.4, -0.2) is 9.55 Å². The van der Waals surface area contributed by atoms with Crippen molar-refractivity contribution in [2.24, 2.45) is 5.92 Å². The maximum Gasteiger partial charge on any atom is 0.256 e. The summed E-state index contributed by atoms with van der Waals surface area (Å²) in [6.07, 6.45) is 1.63. The van der Waals surface area contributed by atoms with Crippen molar-refractivity contribution < 1.29 is 0 Å². The van der Waals surface area contributed by atoms with Crippen molar-refractivity contribution in [2.75, 3.05) is 0 Å². The Kier molecular flexibility index (Phi) is 2.86. The molecular weight excluding hydrogens is 164 g/mol. The second-order valence-electron chi connectivity index (χ2n) is 3.81. The van der Waals surface area contributed by atoms with Crippen molar-refractivity contribution in [3.63, 3.8) is 0 Å². The molecule has 0 fully saturated rings. The van der Waals surface area contributed by atoms with Crippen molar-refractivity contribution in [2.45, 2.75) is 34.2 Å². The lowest BCUT2D eigenvalue weighted by Crippen LogP contribution is -2.25. The van der Waals surface area contributed by atoms with E-state index < -0.39 is 0 Å². The van der Waals surface area contributed by atoms with Crippen molar-refractivity contribution in [3.05, 3.63) is 27.9 Å². The minimum Gasteiger partial charge on any atom is -0.299 e. The number of nitrogens with zero attached hydrogens (tertiary/aromatic N) is 2. The molecule has 0 saturated carbocycles. The van der Waals surface area contributed by atoms with Gasteiger partial charge in [0.1, 0.15) is 0 Å². The molecule has 1 aromatic rings. The zero-order valence-electron chi connectivity index (χ0n) is 8.66. The lowest BCUT2D eigenvalue weighted by Gasteiger charge is -2.09. The fourth-order valence-electron chi connectivity index (χ4n) is 1.20. The maximum absolute atomic E-state index is 11.6. The van der Waals surface area contributed by atoms with Crippen molar-refractivity contribution >= 4 is 0 Å². The lowest BCUT2D eigenvalue weighted by atomic mass is 10.2. The highest BCUT2D eigenvalue weighted by molar-refractivity contribution is 5.12. The minimum absolute atomic E-state index is 0.0844.